The van der Waals surface area contributed by atoms with Crippen molar-refractivity contribution in [2.75, 3.05) is 0 Å². The summed E-state index contributed by atoms with van der Waals surface area (Å²) in [6.45, 7) is 1.56. The van der Waals surface area contributed by atoms with Crippen LogP contribution in [-0.4, -0.2) is 17.0 Å². The van der Waals surface area contributed by atoms with Crippen molar-refractivity contribution in [3.05, 3.63) is 65.7 Å². The first-order chi connectivity index (χ1) is 10.1. The van der Waals surface area contributed by atoms with Crippen LogP contribution in [0, 0.1) is 0 Å². The van der Waals surface area contributed by atoms with Gasteiger partial charge in [0, 0.05) is 5.56 Å². The average Bonchev–Trinajstić information content (AvgIpc) is 2.48. The molecule has 0 aliphatic carbocycles. The van der Waals surface area contributed by atoms with Gasteiger partial charge in [0.15, 0.2) is 0 Å². The molecule has 0 radical (unpaired) electrons. The Kier molecular flexibility index (Phi) is 4.72. The molecule has 0 aromatic heterocycles. The lowest BCUT2D eigenvalue weighted by molar-refractivity contribution is -0.139. The van der Waals surface area contributed by atoms with Crippen molar-refractivity contribution in [3.8, 4) is 5.75 Å². The lowest BCUT2D eigenvalue weighted by atomic mass is 10.0. The maximum atomic E-state index is 12.0. The molecule has 1 N–H and O–H groups in total. The summed E-state index contributed by atoms with van der Waals surface area (Å²) in [4.78, 5) is 23.0. The minimum Gasteiger partial charge on any atom is -0.481 e. The molecule has 0 saturated carbocycles. The normalized spacial score (nSPS) is 11.7. The molecule has 0 spiro atoms. The Morgan fingerprint density at radius 1 is 1.05 bits per heavy atom. The summed E-state index contributed by atoms with van der Waals surface area (Å²) >= 11 is 0. The Morgan fingerprint density at radius 3 is 2.33 bits per heavy atom. The van der Waals surface area contributed by atoms with Gasteiger partial charge in [0.1, 0.15) is 5.75 Å². The average molecular weight is 284 g/mol. The van der Waals surface area contributed by atoms with Gasteiger partial charge in [-0.25, -0.2) is 0 Å². The molecule has 2 rings (SSSR count). The summed E-state index contributed by atoms with van der Waals surface area (Å²) in [5.74, 6) is -1.80. The maximum absolute atomic E-state index is 12.0. The molecule has 0 fully saturated rings. The van der Waals surface area contributed by atoms with E-state index in [1.807, 2.05) is 30.3 Å². The quantitative estimate of drug-likeness (QED) is 0.677. The molecule has 0 amide bonds. The molecule has 4 nitrogen and oxygen atoms in total. The van der Waals surface area contributed by atoms with Crippen LogP contribution in [-0.2, 0) is 16.0 Å². The fourth-order valence-electron chi connectivity index (χ4n) is 1.99. The van der Waals surface area contributed by atoms with Crippen molar-refractivity contribution < 1.29 is 19.4 Å². The van der Waals surface area contributed by atoms with Crippen molar-refractivity contribution in [3.63, 3.8) is 0 Å². The fraction of sp³-hybridized carbons (Fsp3) is 0.176. The van der Waals surface area contributed by atoms with Crippen LogP contribution in [0.2, 0.25) is 0 Å². The topological polar surface area (TPSA) is 63.6 Å². The van der Waals surface area contributed by atoms with E-state index in [9.17, 15) is 9.59 Å². The zero-order valence-corrected chi connectivity index (χ0v) is 11.7. The van der Waals surface area contributed by atoms with Crippen LogP contribution in [0.15, 0.2) is 54.6 Å². The Hall–Kier alpha value is -2.62. The predicted octanol–water partition coefficient (Wildman–Crippen LogP) is 3.02. The van der Waals surface area contributed by atoms with Gasteiger partial charge in [-0.15, -0.1) is 0 Å². The Morgan fingerprint density at radius 2 is 1.67 bits per heavy atom. The third-order valence-corrected chi connectivity index (χ3v) is 3.17. The molecular formula is C17H16O4. The highest BCUT2D eigenvalue weighted by molar-refractivity contribution is 5.79. The van der Waals surface area contributed by atoms with Gasteiger partial charge < -0.3 is 9.84 Å². The molecule has 0 bridgehead atoms. The summed E-state index contributed by atoms with van der Waals surface area (Å²) in [5, 5.41) is 9.09. The number of hydrogen-bond donors (Lipinski definition) is 1. The van der Waals surface area contributed by atoms with Crippen LogP contribution in [0.5, 0.6) is 5.75 Å². The highest BCUT2D eigenvalue weighted by Crippen LogP contribution is 2.26. The largest absolute Gasteiger partial charge is 0.481 e. The summed E-state index contributed by atoms with van der Waals surface area (Å²) in [6.07, 6.45) is 0.149. The number of rotatable bonds is 5. The second kappa shape index (κ2) is 6.70. The Bertz CT molecular complexity index is 634. The van der Waals surface area contributed by atoms with E-state index in [4.69, 9.17) is 9.84 Å². The molecule has 108 valence electrons. The van der Waals surface area contributed by atoms with E-state index in [0.717, 1.165) is 5.56 Å². The first-order valence-electron chi connectivity index (χ1n) is 6.64. The standard InChI is InChI=1S/C17H16O4/c1-12(17(19)20)14-9-5-6-10-15(14)21-16(18)11-13-7-3-2-4-8-13/h2-10,12H,11H2,1H3,(H,19,20). The third kappa shape index (κ3) is 3.92. The van der Waals surface area contributed by atoms with E-state index < -0.39 is 17.9 Å². The summed E-state index contributed by atoms with van der Waals surface area (Å²) in [6, 6.07) is 16.0. The molecular weight excluding hydrogens is 268 g/mol. The number of para-hydroxylation sites is 1. The first-order valence-corrected chi connectivity index (χ1v) is 6.64. The van der Waals surface area contributed by atoms with E-state index in [1.165, 1.54) is 0 Å². The van der Waals surface area contributed by atoms with E-state index in [-0.39, 0.29) is 6.42 Å². The van der Waals surface area contributed by atoms with E-state index in [0.29, 0.717) is 11.3 Å². The molecule has 2 aromatic carbocycles. The number of carbonyl (C=O) groups excluding carboxylic acids is 1. The number of carboxylic acids is 1. The van der Waals surface area contributed by atoms with Crippen LogP contribution in [0.25, 0.3) is 0 Å². The first kappa shape index (κ1) is 14.8. The molecule has 4 heteroatoms. The van der Waals surface area contributed by atoms with Gasteiger partial charge in [-0.1, -0.05) is 48.5 Å². The van der Waals surface area contributed by atoms with Gasteiger partial charge in [-0.3, -0.25) is 9.59 Å². The number of aliphatic carboxylic acids is 1. The van der Waals surface area contributed by atoms with Crippen LogP contribution >= 0.6 is 0 Å². The van der Waals surface area contributed by atoms with Crippen LogP contribution in [0.4, 0.5) is 0 Å². The monoisotopic (exact) mass is 284 g/mol. The van der Waals surface area contributed by atoms with Crippen molar-refractivity contribution in [1.29, 1.82) is 0 Å². The van der Waals surface area contributed by atoms with Gasteiger partial charge in [-0.2, -0.15) is 0 Å². The minimum atomic E-state index is -0.957. The van der Waals surface area contributed by atoms with Crippen molar-refractivity contribution in [2.45, 2.75) is 19.3 Å². The van der Waals surface area contributed by atoms with Gasteiger partial charge in [0.05, 0.1) is 12.3 Å². The Labute approximate surface area is 123 Å². The zero-order valence-electron chi connectivity index (χ0n) is 11.7. The zero-order chi connectivity index (χ0) is 15.2. The fourth-order valence-corrected chi connectivity index (χ4v) is 1.99. The van der Waals surface area contributed by atoms with E-state index in [2.05, 4.69) is 0 Å². The minimum absolute atomic E-state index is 0.149. The van der Waals surface area contributed by atoms with Crippen LogP contribution in [0.3, 0.4) is 0 Å². The van der Waals surface area contributed by atoms with E-state index in [1.54, 1.807) is 31.2 Å². The highest BCUT2D eigenvalue weighted by Gasteiger charge is 2.19. The smallest absolute Gasteiger partial charge is 0.315 e. The van der Waals surface area contributed by atoms with Gasteiger partial charge in [-0.05, 0) is 18.6 Å². The summed E-state index contributed by atoms with van der Waals surface area (Å²) in [5.41, 5.74) is 1.35. The molecule has 1 unspecified atom stereocenters. The summed E-state index contributed by atoms with van der Waals surface area (Å²) < 4.78 is 5.32. The maximum Gasteiger partial charge on any atom is 0.315 e. The number of hydrogen-bond acceptors (Lipinski definition) is 3. The van der Waals surface area contributed by atoms with Crippen LogP contribution < -0.4 is 4.74 Å². The SMILES string of the molecule is CC(C(=O)O)c1ccccc1OC(=O)Cc1ccccc1. The lowest BCUT2D eigenvalue weighted by Crippen LogP contribution is -2.15. The summed E-state index contributed by atoms with van der Waals surface area (Å²) in [7, 11) is 0. The second-order valence-corrected chi connectivity index (χ2v) is 4.73. The lowest BCUT2D eigenvalue weighted by Gasteiger charge is -2.12. The third-order valence-electron chi connectivity index (χ3n) is 3.17. The molecule has 1 atom stereocenters. The molecule has 0 aliphatic heterocycles. The molecule has 0 saturated heterocycles. The molecule has 0 aliphatic rings. The highest BCUT2D eigenvalue weighted by atomic mass is 16.5. The molecule has 0 heterocycles. The van der Waals surface area contributed by atoms with E-state index >= 15 is 0 Å². The number of benzene rings is 2. The number of carbonyl (C=O) groups is 2. The Balaban J connectivity index is 2.12. The number of esters is 1. The van der Waals surface area contributed by atoms with Crippen molar-refractivity contribution >= 4 is 11.9 Å². The van der Waals surface area contributed by atoms with Gasteiger partial charge in [0.25, 0.3) is 0 Å². The van der Waals surface area contributed by atoms with Crippen molar-refractivity contribution in [2.24, 2.45) is 0 Å². The molecule has 21 heavy (non-hydrogen) atoms. The van der Waals surface area contributed by atoms with Crippen LogP contribution in [0.1, 0.15) is 24.0 Å². The second-order valence-electron chi connectivity index (χ2n) is 4.73. The molecule has 2 aromatic rings. The van der Waals surface area contributed by atoms with Crippen molar-refractivity contribution in [1.82, 2.24) is 0 Å². The van der Waals surface area contributed by atoms with Gasteiger partial charge in [0.2, 0.25) is 0 Å². The number of ether oxygens (including phenoxy) is 1. The number of carboxylic acid groups (broad SMARTS) is 1. The van der Waals surface area contributed by atoms with Gasteiger partial charge >= 0.3 is 11.9 Å². The predicted molar refractivity (Wildman–Crippen MR) is 78.3 cm³/mol.